The highest BCUT2D eigenvalue weighted by molar-refractivity contribution is 7.11. The summed E-state index contributed by atoms with van der Waals surface area (Å²) in [4.78, 5) is 28.8. The van der Waals surface area contributed by atoms with Crippen molar-refractivity contribution >= 4 is 23.2 Å². The van der Waals surface area contributed by atoms with E-state index in [1.54, 1.807) is 23.5 Å². The van der Waals surface area contributed by atoms with Gasteiger partial charge in [-0.3, -0.25) is 9.59 Å². The molecule has 1 aromatic carbocycles. The van der Waals surface area contributed by atoms with E-state index in [9.17, 15) is 9.59 Å². The van der Waals surface area contributed by atoms with Crippen molar-refractivity contribution in [3.63, 3.8) is 0 Å². The van der Waals surface area contributed by atoms with E-state index in [4.69, 9.17) is 4.74 Å². The molecule has 28 heavy (non-hydrogen) atoms. The number of hydrogen-bond acceptors (Lipinski definition) is 4. The first kappa shape index (κ1) is 19.0. The summed E-state index contributed by atoms with van der Waals surface area (Å²) in [5, 5.41) is 2.95. The summed E-state index contributed by atoms with van der Waals surface area (Å²) in [7, 11) is 0. The molecule has 0 unspecified atom stereocenters. The van der Waals surface area contributed by atoms with Crippen molar-refractivity contribution in [2.75, 3.05) is 13.1 Å². The molecule has 0 bridgehead atoms. The van der Waals surface area contributed by atoms with Gasteiger partial charge in [0.2, 0.25) is 5.91 Å². The third-order valence-corrected chi connectivity index (χ3v) is 6.32. The summed E-state index contributed by atoms with van der Waals surface area (Å²) >= 11 is 1.69. The van der Waals surface area contributed by atoms with E-state index in [1.807, 2.05) is 23.1 Å². The fourth-order valence-corrected chi connectivity index (χ4v) is 4.34. The smallest absolute Gasteiger partial charge is 0.251 e. The molecule has 1 aliphatic heterocycles. The molecular formula is C22H26N2O3S. The Balaban J connectivity index is 1.24. The second-order valence-electron chi connectivity index (χ2n) is 7.64. The summed E-state index contributed by atoms with van der Waals surface area (Å²) in [6.07, 6.45) is 3.97. The Morgan fingerprint density at radius 2 is 1.79 bits per heavy atom. The van der Waals surface area contributed by atoms with E-state index in [2.05, 4.69) is 18.3 Å². The van der Waals surface area contributed by atoms with Crippen LogP contribution in [0.5, 0.6) is 5.75 Å². The number of ether oxygens (including phenoxy) is 1. The maximum Gasteiger partial charge on any atom is 0.251 e. The maximum absolute atomic E-state index is 12.3. The normalized spacial score (nSPS) is 17.4. The average molecular weight is 399 g/mol. The van der Waals surface area contributed by atoms with Crippen molar-refractivity contribution in [1.29, 1.82) is 0 Å². The van der Waals surface area contributed by atoms with Crippen LogP contribution in [0.4, 0.5) is 0 Å². The van der Waals surface area contributed by atoms with Crippen LogP contribution in [-0.4, -0.2) is 35.9 Å². The highest BCUT2D eigenvalue weighted by Crippen LogP contribution is 2.32. The lowest BCUT2D eigenvalue weighted by molar-refractivity contribution is -0.134. The molecule has 6 heteroatoms. The molecule has 1 N–H and O–H groups in total. The predicted molar refractivity (Wildman–Crippen MR) is 110 cm³/mol. The first-order valence-electron chi connectivity index (χ1n) is 9.97. The second-order valence-corrected chi connectivity index (χ2v) is 9.01. The molecule has 148 valence electrons. The number of amides is 2. The Morgan fingerprint density at radius 3 is 2.39 bits per heavy atom. The van der Waals surface area contributed by atoms with Gasteiger partial charge in [0, 0.05) is 47.2 Å². The summed E-state index contributed by atoms with van der Waals surface area (Å²) in [5.41, 5.74) is 0.630. The minimum absolute atomic E-state index is 0.0792. The molecule has 2 heterocycles. The zero-order chi connectivity index (χ0) is 19.5. The Hall–Kier alpha value is -2.34. The van der Waals surface area contributed by atoms with E-state index >= 15 is 0 Å². The minimum atomic E-state index is -0.0792. The number of aryl methyl sites for hydroxylation is 1. The number of carbonyl (C=O) groups is 2. The molecule has 0 atom stereocenters. The van der Waals surface area contributed by atoms with Crippen LogP contribution in [0.15, 0.2) is 36.4 Å². The number of nitrogens with one attached hydrogen (secondary N) is 1. The third-order valence-electron chi connectivity index (χ3n) is 5.32. The van der Waals surface area contributed by atoms with Gasteiger partial charge in [-0.1, -0.05) is 0 Å². The Labute approximate surface area is 169 Å². The molecule has 1 saturated carbocycles. The topological polar surface area (TPSA) is 58.6 Å². The summed E-state index contributed by atoms with van der Waals surface area (Å²) in [5.74, 6) is 1.31. The Bertz CT molecular complexity index is 834. The zero-order valence-corrected chi connectivity index (χ0v) is 17.0. The van der Waals surface area contributed by atoms with Crippen LogP contribution in [0.2, 0.25) is 0 Å². The van der Waals surface area contributed by atoms with Gasteiger partial charge in [-0.2, -0.15) is 0 Å². The van der Waals surface area contributed by atoms with Gasteiger partial charge in [-0.15, -0.1) is 11.3 Å². The van der Waals surface area contributed by atoms with E-state index in [-0.39, 0.29) is 12.0 Å². The van der Waals surface area contributed by atoms with Gasteiger partial charge in [0.05, 0.1) is 6.54 Å². The summed E-state index contributed by atoms with van der Waals surface area (Å²) in [6, 6.07) is 11.4. The molecule has 1 aliphatic carbocycles. The molecule has 1 saturated heterocycles. The lowest BCUT2D eigenvalue weighted by atomic mass is 10.1. The lowest BCUT2D eigenvalue weighted by Crippen LogP contribution is -2.42. The molecule has 0 radical (unpaired) electrons. The van der Waals surface area contributed by atoms with Gasteiger partial charge in [0.25, 0.3) is 5.91 Å². The van der Waals surface area contributed by atoms with Crippen molar-refractivity contribution in [2.45, 2.75) is 45.3 Å². The van der Waals surface area contributed by atoms with Crippen LogP contribution in [0.1, 0.15) is 45.8 Å². The summed E-state index contributed by atoms with van der Waals surface area (Å²) < 4.78 is 6.06. The van der Waals surface area contributed by atoms with Crippen molar-refractivity contribution in [3.8, 4) is 5.75 Å². The van der Waals surface area contributed by atoms with Gasteiger partial charge >= 0.3 is 0 Å². The fraction of sp³-hybridized carbons (Fsp3) is 0.455. The number of piperidine rings is 1. The van der Waals surface area contributed by atoms with E-state index in [0.29, 0.717) is 23.9 Å². The van der Waals surface area contributed by atoms with Gasteiger partial charge < -0.3 is 15.0 Å². The highest BCUT2D eigenvalue weighted by Gasteiger charge is 2.35. The molecular weight excluding hydrogens is 372 g/mol. The maximum atomic E-state index is 12.3. The standard InChI is InChI=1S/C22H26N2O3S/c1-15-2-9-20(28-15)14-23-21(25)16-5-7-18(8-6-16)27-19-10-12-24(13-11-19)22(26)17-3-4-17/h2,5-9,17,19H,3-4,10-14H2,1H3,(H,23,25). The zero-order valence-electron chi connectivity index (χ0n) is 16.1. The largest absolute Gasteiger partial charge is 0.490 e. The number of hydrogen-bond donors (Lipinski definition) is 1. The van der Waals surface area contributed by atoms with Gasteiger partial charge in [-0.05, 0) is 56.2 Å². The quantitative estimate of drug-likeness (QED) is 0.806. The number of thiophene rings is 1. The van der Waals surface area contributed by atoms with E-state index < -0.39 is 0 Å². The van der Waals surface area contributed by atoms with Crippen LogP contribution in [0.3, 0.4) is 0 Å². The van der Waals surface area contributed by atoms with Crippen molar-refractivity contribution in [3.05, 3.63) is 51.7 Å². The van der Waals surface area contributed by atoms with Crippen LogP contribution in [0.25, 0.3) is 0 Å². The molecule has 2 aliphatic rings. The van der Waals surface area contributed by atoms with Crippen molar-refractivity contribution < 1.29 is 14.3 Å². The van der Waals surface area contributed by atoms with Crippen molar-refractivity contribution in [2.24, 2.45) is 5.92 Å². The molecule has 2 aromatic rings. The number of nitrogens with zero attached hydrogens (tertiary/aromatic N) is 1. The van der Waals surface area contributed by atoms with Gasteiger partial charge in [0.1, 0.15) is 11.9 Å². The number of carbonyl (C=O) groups excluding carboxylic acids is 2. The number of benzene rings is 1. The lowest BCUT2D eigenvalue weighted by Gasteiger charge is -2.32. The van der Waals surface area contributed by atoms with E-state index in [1.165, 1.54) is 4.88 Å². The minimum Gasteiger partial charge on any atom is -0.490 e. The average Bonchev–Trinajstić information content (AvgIpc) is 3.48. The first-order valence-corrected chi connectivity index (χ1v) is 10.8. The molecule has 0 spiro atoms. The van der Waals surface area contributed by atoms with Crippen molar-refractivity contribution in [1.82, 2.24) is 10.2 Å². The molecule has 2 fully saturated rings. The van der Waals surface area contributed by atoms with Crippen LogP contribution in [0, 0.1) is 12.8 Å². The number of likely N-dealkylation sites (tertiary alicyclic amines) is 1. The first-order chi connectivity index (χ1) is 13.6. The van der Waals surface area contributed by atoms with Crippen LogP contribution >= 0.6 is 11.3 Å². The van der Waals surface area contributed by atoms with E-state index in [0.717, 1.165) is 49.4 Å². The van der Waals surface area contributed by atoms with Gasteiger partial charge in [-0.25, -0.2) is 0 Å². The highest BCUT2D eigenvalue weighted by atomic mass is 32.1. The molecule has 2 amide bonds. The Morgan fingerprint density at radius 1 is 1.07 bits per heavy atom. The summed E-state index contributed by atoms with van der Waals surface area (Å²) in [6.45, 7) is 4.17. The second kappa shape index (κ2) is 8.35. The number of rotatable bonds is 6. The SMILES string of the molecule is Cc1ccc(CNC(=O)c2ccc(OC3CCN(C(=O)C4CC4)CC3)cc2)s1. The molecule has 1 aromatic heterocycles. The van der Waals surface area contributed by atoms with Gasteiger partial charge in [0.15, 0.2) is 0 Å². The Kier molecular flexibility index (Phi) is 5.67. The molecule has 5 nitrogen and oxygen atoms in total. The third kappa shape index (κ3) is 4.73. The predicted octanol–water partition coefficient (Wildman–Crippen LogP) is 3.77. The monoisotopic (exact) mass is 398 g/mol. The fourth-order valence-electron chi connectivity index (χ4n) is 3.51. The van der Waals surface area contributed by atoms with Crippen LogP contribution in [-0.2, 0) is 11.3 Å². The molecule has 4 rings (SSSR count). The van der Waals surface area contributed by atoms with Crippen LogP contribution < -0.4 is 10.1 Å².